The Labute approximate surface area is 74.9 Å². The van der Waals surface area contributed by atoms with Gasteiger partial charge in [-0.3, -0.25) is 0 Å². The number of benzene rings is 1. The number of nitrogens with two attached hydrogens (primary N) is 1. The molecule has 1 rings (SSSR count). The van der Waals surface area contributed by atoms with Gasteiger partial charge in [0.05, 0.1) is 0 Å². The minimum atomic E-state index is -1.61. The van der Waals surface area contributed by atoms with Crippen molar-refractivity contribution in [2.24, 2.45) is 0 Å². The molecule has 1 unspecified atom stereocenters. The van der Waals surface area contributed by atoms with Crippen molar-refractivity contribution in [2.75, 3.05) is 12.0 Å². The number of para-hydroxylation sites is 1. The molecule has 0 saturated heterocycles. The van der Waals surface area contributed by atoms with E-state index in [1.165, 1.54) is 6.26 Å². The lowest BCUT2D eigenvalue weighted by Gasteiger charge is -1.93. The third-order valence-corrected chi connectivity index (χ3v) is 1.19. The number of aryl methyl sites for hydroxylation is 1. The standard InChI is InChI=1S/C7H9N.CH4O2S/c1-6-4-2-3-5-7(6)8;1-4(2)3/h2-5H,8H2,1H3;1H3,(H,2,3). The Balaban J connectivity index is 0.000000261. The molecule has 0 heterocycles. The molecule has 3 nitrogen and oxygen atoms in total. The third kappa shape index (κ3) is 5.88. The summed E-state index contributed by atoms with van der Waals surface area (Å²) < 4.78 is 16.6. The molecule has 0 aromatic heterocycles. The van der Waals surface area contributed by atoms with Crippen LogP contribution in [0.4, 0.5) is 5.69 Å². The highest BCUT2D eigenvalue weighted by Crippen LogP contribution is 2.06. The molecule has 0 amide bonds. The second-order valence-electron chi connectivity index (χ2n) is 2.28. The summed E-state index contributed by atoms with van der Waals surface area (Å²) in [5, 5.41) is 0. The molecule has 0 aliphatic carbocycles. The fourth-order valence-corrected chi connectivity index (χ4v) is 0.587. The molecule has 0 radical (unpaired) electrons. The predicted octanol–water partition coefficient (Wildman–Crippen LogP) is 1.42. The third-order valence-electron chi connectivity index (χ3n) is 1.19. The van der Waals surface area contributed by atoms with Gasteiger partial charge in [0.1, 0.15) is 11.1 Å². The molecular weight excluding hydrogens is 174 g/mol. The van der Waals surface area contributed by atoms with Crippen molar-refractivity contribution >= 4 is 16.8 Å². The average molecular weight is 187 g/mol. The zero-order valence-electron chi connectivity index (χ0n) is 7.15. The lowest BCUT2D eigenvalue weighted by molar-refractivity contribution is 0.571. The van der Waals surface area contributed by atoms with Crippen LogP contribution in [0.15, 0.2) is 24.3 Å². The van der Waals surface area contributed by atoms with E-state index in [2.05, 4.69) is 0 Å². The van der Waals surface area contributed by atoms with Crippen LogP contribution in [-0.2, 0) is 11.1 Å². The minimum absolute atomic E-state index is 0.868. The Bertz CT molecular complexity index is 238. The Morgan fingerprint density at radius 3 is 2.08 bits per heavy atom. The molecular formula is C8H13NO2S. The van der Waals surface area contributed by atoms with Gasteiger partial charge in [0.15, 0.2) is 0 Å². The lowest BCUT2D eigenvalue weighted by atomic mass is 10.2. The summed E-state index contributed by atoms with van der Waals surface area (Å²) in [7, 11) is 0. The van der Waals surface area contributed by atoms with Crippen LogP contribution < -0.4 is 5.73 Å². The summed E-state index contributed by atoms with van der Waals surface area (Å²) in [5.74, 6) is 0. The molecule has 0 bridgehead atoms. The predicted molar refractivity (Wildman–Crippen MR) is 52.3 cm³/mol. The van der Waals surface area contributed by atoms with Crippen molar-refractivity contribution in [3.05, 3.63) is 29.8 Å². The Morgan fingerprint density at radius 2 is 1.83 bits per heavy atom. The average Bonchev–Trinajstić information content (AvgIpc) is 1.94. The Hall–Kier alpha value is -0.870. The maximum atomic E-state index is 9.11. The zero-order valence-corrected chi connectivity index (χ0v) is 7.97. The SMILES string of the molecule is CS(=O)O.Cc1ccccc1N. The highest BCUT2D eigenvalue weighted by molar-refractivity contribution is 7.78. The summed E-state index contributed by atoms with van der Waals surface area (Å²) in [4.78, 5) is 0. The molecule has 68 valence electrons. The van der Waals surface area contributed by atoms with Crippen LogP contribution in [-0.4, -0.2) is 15.0 Å². The first-order valence-corrected chi connectivity index (χ1v) is 4.89. The minimum Gasteiger partial charge on any atom is -0.399 e. The van der Waals surface area contributed by atoms with Crippen LogP contribution in [0.25, 0.3) is 0 Å². The maximum absolute atomic E-state index is 9.11. The second kappa shape index (κ2) is 5.74. The smallest absolute Gasteiger partial charge is 0.149 e. The lowest BCUT2D eigenvalue weighted by Crippen LogP contribution is -1.85. The van der Waals surface area contributed by atoms with Crippen molar-refractivity contribution in [3.63, 3.8) is 0 Å². The molecule has 12 heavy (non-hydrogen) atoms. The van der Waals surface area contributed by atoms with Gasteiger partial charge in [-0.1, -0.05) is 18.2 Å². The van der Waals surface area contributed by atoms with Gasteiger partial charge in [0.2, 0.25) is 0 Å². The zero-order chi connectivity index (χ0) is 9.56. The van der Waals surface area contributed by atoms with Crippen molar-refractivity contribution < 1.29 is 8.76 Å². The van der Waals surface area contributed by atoms with Crippen molar-refractivity contribution in [2.45, 2.75) is 6.92 Å². The van der Waals surface area contributed by atoms with E-state index in [-0.39, 0.29) is 0 Å². The van der Waals surface area contributed by atoms with Crippen LogP contribution in [0.1, 0.15) is 5.56 Å². The van der Waals surface area contributed by atoms with E-state index in [9.17, 15) is 0 Å². The van der Waals surface area contributed by atoms with Crippen LogP contribution in [0.2, 0.25) is 0 Å². The quantitative estimate of drug-likeness (QED) is 0.477. The number of rotatable bonds is 0. The molecule has 0 spiro atoms. The van der Waals surface area contributed by atoms with Gasteiger partial charge >= 0.3 is 0 Å². The number of anilines is 1. The number of hydrogen-bond acceptors (Lipinski definition) is 2. The first-order valence-electron chi connectivity index (χ1n) is 3.37. The van der Waals surface area contributed by atoms with E-state index < -0.39 is 11.1 Å². The van der Waals surface area contributed by atoms with Crippen molar-refractivity contribution in [3.8, 4) is 0 Å². The molecule has 1 atom stereocenters. The van der Waals surface area contributed by atoms with E-state index in [1.807, 2.05) is 31.2 Å². The van der Waals surface area contributed by atoms with Crippen LogP contribution >= 0.6 is 0 Å². The monoisotopic (exact) mass is 187 g/mol. The normalized spacial score (nSPS) is 11.2. The Morgan fingerprint density at radius 1 is 1.42 bits per heavy atom. The highest BCUT2D eigenvalue weighted by atomic mass is 32.2. The summed E-state index contributed by atoms with van der Waals surface area (Å²) in [6.07, 6.45) is 1.19. The highest BCUT2D eigenvalue weighted by Gasteiger charge is 1.84. The van der Waals surface area contributed by atoms with Gasteiger partial charge < -0.3 is 10.3 Å². The maximum Gasteiger partial charge on any atom is 0.149 e. The number of hydrogen-bond donors (Lipinski definition) is 2. The first kappa shape index (κ1) is 11.1. The van der Waals surface area contributed by atoms with E-state index in [4.69, 9.17) is 14.5 Å². The van der Waals surface area contributed by atoms with Crippen molar-refractivity contribution in [1.29, 1.82) is 0 Å². The molecule has 1 aromatic rings. The summed E-state index contributed by atoms with van der Waals surface area (Å²) in [5.41, 5.74) is 7.53. The summed E-state index contributed by atoms with van der Waals surface area (Å²) in [6.45, 7) is 2.00. The summed E-state index contributed by atoms with van der Waals surface area (Å²) in [6, 6.07) is 7.80. The molecule has 4 heteroatoms. The first-order chi connectivity index (χ1) is 5.54. The fraction of sp³-hybridized carbons (Fsp3) is 0.250. The van der Waals surface area contributed by atoms with Gasteiger partial charge in [-0.15, -0.1) is 0 Å². The Kier molecular flexibility index (Phi) is 5.32. The topological polar surface area (TPSA) is 63.3 Å². The van der Waals surface area contributed by atoms with E-state index in [1.54, 1.807) is 0 Å². The van der Waals surface area contributed by atoms with Crippen LogP contribution in [0.5, 0.6) is 0 Å². The molecule has 1 aromatic carbocycles. The van der Waals surface area contributed by atoms with Crippen molar-refractivity contribution in [1.82, 2.24) is 0 Å². The van der Waals surface area contributed by atoms with Gasteiger partial charge in [-0.25, -0.2) is 4.21 Å². The molecule has 3 N–H and O–H groups in total. The molecule has 0 aliphatic heterocycles. The molecule has 0 aliphatic rings. The van der Waals surface area contributed by atoms with Gasteiger partial charge in [-0.2, -0.15) is 0 Å². The van der Waals surface area contributed by atoms with Crippen LogP contribution in [0, 0.1) is 6.92 Å². The molecule has 0 fully saturated rings. The fourth-order valence-electron chi connectivity index (χ4n) is 0.587. The largest absolute Gasteiger partial charge is 0.399 e. The number of nitrogen functional groups attached to an aromatic ring is 1. The second-order valence-corrected chi connectivity index (χ2v) is 3.13. The van der Waals surface area contributed by atoms with Gasteiger partial charge in [0.25, 0.3) is 0 Å². The molecule has 0 saturated carbocycles. The van der Waals surface area contributed by atoms with Gasteiger partial charge in [-0.05, 0) is 18.6 Å². The summed E-state index contributed by atoms with van der Waals surface area (Å²) >= 11 is -1.61. The van der Waals surface area contributed by atoms with Gasteiger partial charge in [0, 0.05) is 11.9 Å². The van der Waals surface area contributed by atoms with E-state index >= 15 is 0 Å². The van der Waals surface area contributed by atoms with E-state index in [0.717, 1.165) is 11.3 Å². The van der Waals surface area contributed by atoms with Crippen LogP contribution in [0.3, 0.4) is 0 Å². The van der Waals surface area contributed by atoms with E-state index in [0.29, 0.717) is 0 Å².